The average molecular weight is 254 g/mol. The van der Waals surface area contributed by atoms with Gasteiger partial charge in [-0.15, -0.1) is 0 Å². The van der Waals surface area contributed by atoms with E-state index >= 15 is 0 Å². The highest BCUT2D eigenvalue weighted by Crippen LogP contribution is 2.33. The molecular weight excluding hydrogens is 232 g/mol. The van der Waals surface area contributed by atoms with Crippen LogP contribution in [0.2, 0.25) is 0 Å². The molecule has 0 saturated carbocycles. The van der Waals surface area contributed by atoms with E-state index in [4.69, 9.17) is 0 Å². The second-order valence-corrected chi connectivity index (χ2v) is 6.12. The monoisotopic (exact) mass is 254 g/mol. The van der Waals surface area contributed by atoms with Crippen LogP contribution in [0.25, 0.3) is 10.9 Å². The molecule has 2 aromatic rings. The third-order valence-corrected chi connectivity index (χ3v) is 4.93. The van der Waals surface area contributed by atoms with E-state index in [9.17, 15) is 0 Å². The number of aromatic amines is 1. The number of piperidine rings is 1. The van der Waals surface area contributed by atoms with E-state index in [1.807, 2.05) is 0 Å². The number of benzene rings is 1. The fourth-order valence-corrected chi connectivity index (χ4v) is 3.83. The van der Waals surface area contributed by atoms with E-state index in [0.717, 1.165) is 5.92 Å². The average Bonchev–Trinajstić information content (AvgIpc) is 2.86. The molecule has 0 bridgehead atoms. The van der Waals surface area contributed by atoms with Gasteiger partial charge >= 0.3 is 0 Å². The Hall–Kier alpha value is -1.28. The van der Waals surface area contributed by atoms with Gasteiger partial charge in [-0.05, 0) is 80.8 Å². The molecule has 100 valence electrons. The van der Waals surface area contributed by atoms with Crippen molar-refractivity contribution in [2.75, 3.05) is 13.1 Å². The first-order valence-corrected chi connectivity index (χ1v) is 7.76. The van der Waals surface area contributed by atoms with Gasteiger partial charge in [0.2, 0.25) is 0 Å². The Morgan fingerprint density at radius 3 is 2.74 bits per heavy atom. The smallest absolute Gasteiger partial charge is 0.0459 e. The highest BCUT2D eigenvalue weighted by molar-refractivity contribution is 5.85. The lowest BCUT2D eigenvalue weighted by molar-refractivity contribution is 0.460. The van der Waals surface area contributed by atoms with Crippen molar-refractivity contribution in [2.24, 2.45) is 0 Å². The van der Waals surface area contributed by atoms with Crippen LogP contribution in [0.3, 0.4) is 0 Å². The molecule has 0 amide bonds. The second-order valence-electron chi connectivity index (χ2n) is 6.12. The van der Waals surface area contributed by atoms with Crippen LogP contribution in [0.4, 0.5) is 0 Å². The highest BCUT2D eigenvalue weighted by atomic mass is 14.9. The summed E-state index contributed by atoms with van der Waals surface area (Å²) in [6.07, 6.45) is 7.80. The standard InChI is InChI=1S/C17H22N2/c1-2-4-16-14(3-1)15-11-13(5-6-17(15)19-16)12-7-9-18-10-8-12/h5-6,11-12,18-19H,1-4,7-10H2. The van der Waals surface area contributed by atoms with Crippen molar-refractivity contribution in [1.82, 2.24) is 10.3 Å². The molecule has 0 radical (unpaired) electrons. The number of aryl methyl sites for hydroxylation is 2. The fraction of sp³-hybridized carbons (Fsp3) is 0.529. The molecule has 2 heteroatoms. The van der Waals surface area contributed by atoms with Gasteiger partial charge in [-0.2, -0.15) is 0 Å². The summed E-state index contributed by atoms with van der Waals surface area (Å²) in [6, 6.07) is 7.14. The van der Waals surface area contributed by atoms with E-state index in [2.05, 4.69) is 28.5 Å². The van der Waals surface area contributed by atoms with Crippen LogP contribution in [0.15, 0.2) is 18.2 Å². The molecule has 1 aliphatic carbocycles. The van der Waals surface area contributed by atoms with Crippen LogP contribution < -0.4 is 5.32 Å². The molecule has 1 aromatic carbocycles. The molecule has 1 saturated heterocycles. The van der Waals surface area contributed by atoms with Gasteiger partial charge in [-0.25, -0.2) is 0 Å². The van der Waals surface area contributed by atoms with Gasteiger partial charge in [-0.3, -0.25) is 0 Å². The van der Waals surface area contributed by atoms with Crippen LogP contribution in [0.1, 0.15) is 48.4 Å². The Kier molecular flexibility index (Phi) is 2.84. The number of hydrogen-bond donors (Lipinski definition) is 2. The van der Waals surface area contributed by atoms with E-state index in [0.29, 0.717) is 0 Å². The third-order valence-electron chi connectivity index (χ3n) is 4.93. The van der Waals surface area contributed by atoms with Gasteiger partial charge in [0.15, 0.2) is 0 Å². The number of hydrogen-bond acceptors (Lipinski definition) is 1. The number of H-pyrrole nitrogens is 1. The van der Waals surface area contributed by atoms with Crippen LogP contribution >= 0.6 is 0 Å². The number of nitrogens with one attached hydrogen (secondary N) is 2. The zero-order chi connectivity index (χ0) is 12.7. The van der Waals surface area contributed by atoms with Gasteiger partial charge in [0.05, 0.1) is 0 Å². The minimum Gasteiger partial charge on any atom is -0.358 e. The molecule has 2 aliphatic rings. The fourth-order valence-electron chi connectivity index (χ4n) is 3.83. The SMILES string of the molecule is c1cc2[nH]c3c(c2cc1C1CCNCC1)CCCC3. The van der Waals surface area contributed by atoms with Crippen LogP contribution in [0, 0.1) is 0 Å². The Morgan fingerprint density at radius 2 is 1.84 bits per heavy atom. The maximum Gasteiger partial charge on any atom is 0.0459 e. The Balaban J connectivity index is 1.77. The molecule has 0 atom stereocenters. The topological polar surface area (TPSA) is 27.8 Å². The van der Waals surface area contributed by atoms with E-state index < -0.39 is 0 Å². The Bertz CT molecular complexity index is 591. The molecule has 2 nitrogen and oxygen atoms in total. The summed E-state index contributed by atoms with van der Waals surface area (Å²) in [5.74, 6) is 0.764. The summed E-state index contributed by atoms with van der Waals surface area (Å²) in [4.78, 5) is 3.63. The summed E-state index contributed by atoms with van der Waals surface area (Å²) < 4.78 is 0. The van der Waals surface area contributed by atoms with E-state index in [1.54, 1.807) is 11.1 Å². The third kappa shape index (κ3) is 1.99. The molecule has 0 unspecified atom stereocenters. The molecular formula is C17H22N2. The summed E-state index contributed by atoms with van der Waals surface area (Å²) in [7, 11) is 0. The Morgan fingerprint density at radius 1 is 1.00 bits per heavy atom. The zero-order valence-electron chi connectivity index (χ0n) is 11.5. The molecule has 1 fully saturated rings. The van der Waals surface area contributed by atoms with E-state index in [-0.39, 0.29) is 0 Å². The minimum absolute atomic E-state index is 0.764. The van der Waals surface area contributed by atoms with Crippen molar-refractivity contribution in [1.29, 1.82) is 0 Å². The molecule has 0 spiro atoms. The predicted molar refractivity (Wildman–Crippen MR) is 79.8 cm³/mol. The lowest BCUT2D eigenvalue weighted by atomic mass is 9.88. The quantitative estimate of drug-likeness (QED) is 0.800. The van der Waals surface area contributed by atoms with Crippen LogP contribution in [-0.4, -0.2) is 18.1 Å². The van der Waals surface area contributed by atoms with Crippen molar-refractivity contribution in [3.63, 3.8) is 0 Å². The normalized spacial score (nSPS) is 20.6. The maximum absolute atomic E-state index is 3.63. The largest absolute Gasteiger partial charge is 0.358 e. The van der Waals surface area contributed by atoms with Gasteiger partial charge in [0, 0.05) is 16.6 Å². The summed E-state index contributed by atoms with van der Waals surface area (Å²) in [5.41, 5.74) is 6.02. The first-order valence-electron chi connectivity index (χ1n) is 7.76. The molecule has 1 aliphatic heterocycles. The second kappa shape index (κ2) is 4.68. The van der Waals surface area contributed by atoms with Crippen molar-refractivity contribution < 1.29 is 0 Å². The Labute approximate surface area is 114 Å². The molecule has 2 heterocycles. The number of aromatic nitrogens is 1. The minimum atomic E-state index is 0.764. The lowest BCUT2D eigenvalue weighted by Crippen LogP contribution is -2.26. The summed E-state index contributed by atoms with van der Waals surface area (Å²) in [5, 5.41) is 4.97. The first kappa shape index (κ1) is 11.5. The van der Waals surface area contributed by atoms with Crippen LogP contribution in [-0.2, 0) is 12.8 Å². The van der Waals surface area contributed by atoms with Crippen molar-refractivity contribution >= 4 is 10.9 Å². The van der Waals surface area contributed by atoms with Gasteiger partial charge in [0.1, 0.15) is 0 Å². The predicted octanol–water partition coefficient (Wildman–Crippen LogP) is 3.51. The maximum atomic E-state index is 3.63. The number of fused-ring (bicyclic) bond motifs is 3. The van der Waals surface area contributed by atoms with Crippen molar-refractivity contribution in [3.8, 4) is 0 Å². The van der Waals surface area contributed by atoms with Crippen molar-refractivity contribution in [2.45, 2.75) is 44.4 Å². The highest BCUT2D eigenvalue weighted by Gasteiger charge is 2.19. The van der Waals surface area contributed by atoms with Gasteiger partial charge in [-0.1, -0.05) is 6.07 Å². The number of rotatable bonds is 1. The molecule has 2 N–H and O–H groups in total. The summed E-state index contributed by atoms with van der Waals surface area (Å²) >= 11 is 0. The molecule has 4 rings (SSSR count). The van der Waals surface area contributed by atoms with E-state index in [1.165, 1.54) is 68.2 Å². The van der Waals surface area contributed by atoms with Crippen molar-refractivity contribution in [3.05, 3.63) is 35.0 Å². The first-order chi connectivity index (χ1) is 9.42. The van der Waals surface area contributed by atoms with Crippen LogP contribution in [0.5, 0.6) is 0 Å². The molecule has 19 heavy (non-hydrogen) atoms. The van der Waals surface area contributed by atoms with Gasteiger partial charge in [0.25, 0.3) is 0 Å². The zero-order valence-corrected chi connectivity index (χ0v) is 11.5. The van der Waals surface area contributed by atoms with Gasteiger partial charge < -0.3 is 10.3 Å². The molecule has 1 aromatic heterocycles. The lowest BCUT2D eigenvalue weighted by Gasteiger charge is -2.23. The summed E-state index contributed by atoms with van der Waals surface area (Å²) in [6.45, 7) is 2.35.